The normalized spacial score (nSPS) is 11.5. The molecule has 4 rings (SSSR count). The third kappa shape index (κ3) is 2.51. The highest BCUT2D eigenvalue weighted by molar-refractivity contribution is 7.50. The lowest BCUT2D eigenvalue weighted by molar-refractivity contribution is 1.41. The number of aryl methyl sites for hydroxylation is 2. The van der Waals surface area contributed by atoms with Crippen LogP contribution < -0.4 is 0 Å². The average Bonchev–Trinajstić information content (AvgIpc) is 2.80. The van der Waals surface area contributed by atoms with Gasteiger partial charge < -0.3 is 0 Å². The summed E-state index contributed by atoms with van der Waals surface area (Å²) in [5.41, 5.74) is 2.39. The number of fused-ring (bicyclic) bond motifs is 3. The van der Waals surface area contributed by atoms with Gasteiger partial charge in [0.25, 0.3) is 0 Å². The summed E-state index contributed by atoms with van der Waals surface area (Å²) in [5.74, 6) is 0. The van der Waals surface area contributed by atoms with E-state index < -0.39 is 0 Å². The van der Waals surface area contributed by atoms with E-state index in [1.54, 1.807) is 0 Å². The molecule has 0 saturated carbocycles. The molecular weight excluding hydrogens is 379 g/mol. The van der Waals surface area contributed by atoms with Gasteiger partial charge in [0.1, 0.15) is 5.02 Å². The molecule has 0 aliphatic rings. The van der Waals surface area contributed by atoms with E-state index >= 15 is 0 Å². The van der Waals surface area contributed by atoms with Gasteiger partial charge >= 0.3 is 0 Å². The van der Waals surface area contributed by atoms with E-state index in [0.29, 0.717) is 0 Å². The smallest absolute Gasteiger partial charge is 0.0843 e. The van der Waals surface area contributed by atoms with Gasteiger partial charge in [0.15, 0.2) is 9.40 Å². The van der Waals surface area contributed by atoms with Crippen molar-refractivity contribution in [2.24, 2.45) is 0 Å². The fourth-order valence-electron chi connectivity index (χ4n) is 3.28. The van der Waals surface area contributed by atoms with Crippen molar-refractivity contribution in [3.8, 4) is 4.90 Å². The van der Waals surface area contributed by atoms with Crippen molar-refractivity contribution < 1.29 is 0 Å². The minimum absolute atomic E-state index is 0.238. The standard InChI is InChI=1S/C20H14Cl3S/c1-11-7-12(2)20(17(23)8-11)24-18-5-3-13(21)9-15(18)16-10-14(22)4-6-19(16)24/h3-10H,1-2H3/q+1. The van der Waals surface area contributed by atoms with Gasteiger partial charge in [0.05, 0.1) is 0 Å². The van der Waals surface area contributed by atoms with Gasteiger partial charge in [-0.25, -0.2) is 0 Å². The van der Waals surface area contributed by atoms with Crippen molar-refractivity contribution in [2.45, 2.75) is 13.8 Å². The van der Waals surface area contributed by atoms with Crippen molar-refractivity contribution in [3.05, 3.63) is 74.7 Å². The van der Waals surface area contributed by atoms with Crippen LogP contribution >= 0.6 is 45.3 Å². The first-order valence-electron chi connectivity index (χ1n) is 7.56. The summed E-state index contributed by atoms with van der Waals surface area (Å²) in [4.78, 5) is 1.19. The van der Waals surface area contributed by atoms with Crippen molar-refractivity contribution >= 4 is 65.4 Å². The number of hydrogen-bond donors (Lipinski definition) is 0. The Balaban J connectivity index is 2.23. The number of halogens is 3. The Bertz CT molecular complexity index is 1030. The van der Waals surface area contributed by atoms with Crippen molar-refractivity contribution in [1.82, 2.24) is 0 Å². The predicted octanol–water partition coefficient (Wildman–Crippen LogP) is 8.31. The first kappa shape index (κ1) is 16.2. The summed E-state index contributed by atoms with van der Waals surface area (Å²) in [6.45, 7) is 4.20. The summed E-state index contributed by atoms with van der Waals surface area (Å²) >= 11 is 19.2. The maximum Gasteiger partial charge on any atom is 0.201 e. The first-order chi connectivity index (χ1) is 11.5. The average molecular weight is 393 g/mol. The Morgan fingerprint density at radius 1 is 0.708 bits per heavy atom. The molecule has 0 bridgehead atoms. The quantitative estimate of drug-likeness (QED) is 0.286. The highest BCUT2D eigenvalue weighted by Crippen LogP contribution is 2.52. The second-order valence-electron chi connectivity index (χ2n) is 5.98. The maximum absolute atomic E-state index is 6.67. The van der Waals surface area contributed by atoms with Crippen molar-refractivity contribution in [1.29, 1.82) is 0 Å². The van der Waals surface area contributed by atoms with E-state index in [1.165, 1.54) is 25.4 Å². The van der Waals surface area contributed by atoms with Gasteiger partial charge in [0, 0.05) is 49.0 Å². The second-order valence-corrected chi connectivity index (χ2v) is 9.16. The van der Waals surface area contributed by atoms with Crippen LogP contribution in [0.15, 0.2) is 48.5 Å². The predicted molar refractivity (Wildman–Crippen MR) is 110 cm³/mol. The van der Waals surface area contributed by atoms with Crippen LogP contribution in [0.4, 0.5) is 0 Å². The van der Waals surface area contributed by atoms with Crippen molar-refractivity contribution in [2.75, 3.05) is 0 Å². The van der Waals surface area contributed by atoms with Gasteiger partial charge in [-0.05, 0) is 49.7 Å². The summed E-state index contributed by atoms with van der Waals surface area (Å²) in [5, 5.41) is 4.59. The van der Waals surface area contributed by atoms with Crippen LogP contribution in [-0.2, 0) is 0 Å². The molecule has 0 aliphatic heterocycles. The van der Waals surface area contributed by atoms with Crippen LogP contribution in [0.5, 0.6) is 0 Å². The van der Waals surface area contributed by atoms with E-state index in [1.807, 2.05) is 30.3 Å². The van der Waals surface area contributed by atoms with Gasteiger partial charge in [0.2, 0.25) is 4.90 Å². The molecule has 4 heteroatoms. The van der Waals surface area contributed by atoms with E-state index in [-0.39, 0.29) is 10.5 Å². The molecule has 24 heavy (non-hydrogen) atoms. The molecule has 0 fully saturated rings. The van der Waals surface area contributed by atoms with Crippen LogP contribution in [0, 0.1) is 13.8 Å². The minimum atomic E-state index is -0.238. The topological polar surface area (TPSA) is 0 Å². The van der Waals surface area contributed by atoms with E-state index in [0.717, 1.165) is 25.8 Å². The fraction of sp³-hybridized carbons (Fsp3) is 0.100. The molecule has 0 atom stereocenters. The maximum atomic E-state index is 6.67. The van der Waals surface area contributed by atoms with Crippen LogP contribution in [0.2, 0.25) is 15.1 Å². The van der Waals surface area contributed by atoms with E-state index in [4.69, 9.17) is 34.8 Å². The molecule has 1 aromatic heterocycles. The fourth-order valence-corrected chi connectivity index (χ4v) is 6.67. The second kappa shape index (κ2) is 5.93. The molecule has 0 radical (unpaired) electrons. The first-order valence-corrected chi connectivity index (χ1v) is 9.92. The molecule has 3 aromatic carbocycles. The molecule has 0 amide bonds. The molecule has 4 aromatic rings. The van der Waals surface area contributed by atoms with Gasteiger partial charge in [-0.1, -0.05) is 40.9 Å². The van der Waals surface area contributed by atoms with E-state index in [2.05, 4.69) is 32.0 Å². The molecular formula is C20H14Cl3S+. The third-order valence-electron chi connectivity index (χ3n) is 4.19. The lowest BCUT2D eigenvalue weighted by Crippen LogP contribution is -1.83. The molecule has 0 saturated heterocycles. The highest BCUT2D eigenvalue weighted by Gasteiger charge is 2.27. The third-order valence-corrected chi connectivity index (χ3v) is 7.61. The zero-order valence-electron chi connectivity index (χ0n) is 13.2. The van der Waals surface area contributed by atoms with Crippen LogP contribution in [0.1, 0.15) is 11.1 Å². The summed E-state index contributed by atoms with van der Waals surface area (Å²) < 4.78 is 2.51. The summed E-state index contributed by atoms with van der Waals surface area (Å²) in [6.07, 6.45) is 0. The number of benzene rings is 3. The molecule has 0 spiro atoms. The molecule has 0 nitrogen and oxygen atoms in total. The number of hydrogen-bond acceptors (Lipinski definition) is 0. The molecule has 1 heterocycles. The molecule has 0 unspecified atom stereocenters. The lowest BCUT2D eigenvalue weighted by atomic mass is 10.1. The Hall–Kier alpha value is -1.25. The highest BCUT2D eigenvalue weighted by atomic mass is 35.5. The lowest BCUT2D eigenvalue weighted by Gasteiger charge is -2.03. The molecule has 120 valence electrons. The van der Waals surface area contributed by atoms with Gasteiger partial charge in [-0.2, -0.15) is 0 Å². The Kier molecular flexibility index (Phi) is 4.01. The molecule has 0 N–H and O–H groups in total. The van der Waals surface area contributed by atoms with Crippen LogP contribution in [0.25, 0.3) is 25.1 Å². The Morgan fingerprint density at radius 3 is 1.75 bits per heavy atom. The SMILES string of the molecule is Cc1cc(C)c(-[s+]2c3ccc(Cl)cc3c3cc(Cl)ccc32)c(Cl)c1. The molecule has 0 aliphatic carbocycles. The zero-order chi connectivity index (χ0) is 17.0. The largest absolute Gasteiger partial charge is 0.201 e. The minimum Gasteiger partial charge on any atom is -0.0843 e. The Morgan fingerprint density at radius 2 is 1.25 bits per heavy atom. The number of rotatable bonds is 1. The van der Waals surface area contributed by atoms with Gasteiger partial charge in [-0.3, -0.25) is 0 Å². The summed E-state index contributed by atoms with van der Waals surface area (Å²) in [6, 6.07) is 16.4. The van der Waals surface area contributed by atoms with Gasteiger partial charge in [-0.15, -0.1) is 0 Å². The summed E-state index contributed by atoms with van der Waals surface area (Å²) in [7, 11) is -0.238. The van der Waals surface area contributed by atoms with E-state index in [9.17, 15) is 0 Å². The van der Waals surface area contributed by atoms with Crippen molar-refractivity contribution in [3.63, 3.8) is 0 Å². The number of thiophene rings is 1. The zero-order valence-corrected chi connectivity index (χ0v) is 16.2. The Labute approximate surface area is 158 Å². The van der Waals surface area contributed by atoms with Crippen LogP contribution in [-0.4, -0.2) is 0 Å². The monoisotopic (exact) mass is 391 g/mol. The van der Waals surface area contributed by atoms with Crippen LogP contribution in [0.3, 0.4) is 0 Å².